The largest absolute Gasteiger partial charge is 0.461 e. The highest BCUT2D eigenvalue weighted by atomic mass is 16.6. The topological polar surface area (TPSA) is 61.8 Å². The maximum atomic E-state index is 11.3. The summed E-state index contributed by atoms with van der Waals surface area (Å²) in [4.78, 5) is 22.1. The Morgan fingerprint density at radius 1 is 1.31 bits per heavy atom. The van der Waals surface area contributed by atoms with Crippen molar-refractivity contribution < 1.29 is 23.8 Å². The molecule has 0 amide bonds. The van der Waals surface area contributed by atoms with Crippen LogP contribution < -0.4 is 0 Å². The summed E-state index contributed by atoms with van der Waals surface area (Å²) >= 11 is 0. The van der Waals surface area contributed by atoms with E-state index in [1.165, 1.54) is 7.11 Å². The van der Waals surface area contributed by atoms with Crippen LogP contribution in [0.4, 0.5) is 0 Å². The Bertz CT molecular complexity index is 249. The summed E-state index contributed by atoms with van der Waals surface area (Å²) in [5.41, 5.74) is 0. The zero-order valence-electron chi connectivity index (χ0n) is 9.89. The summed E-state index contributed by atoms with van der Waals surface area (Å²) in [6, 6.07) is 0. The fourth-order valence-electron chi connectivity index (χ4n) is 0.940. The van der Waals surface area contributed by atoms with Crippen molar-refractivity contribution in [2.45, 2.75) is 20.0 Å². The Hall–Kier alpha value is -1.36. The van der Waals surface area contributed by atoms with Crippen LogP contribution in [0.15, 0.2) is 12.7 Å². The van der Waals surface area contributed by atoms with Crippen molar-refractivity contribution in [2.75, 3.05) is 20.3 Å². The highest BCUT2D eigenvalue weighted by Gasteiger charge is 2.16. The number of carbonyl (C=O) groups excluding carboxylic acids is 2. The SMILES string of the molecule is C=CC(=O)OC(C)COC(=O)C(C)COC. The summed E-state index contributed by atoms with van der Waals surface area (Å²) < 4.78 is 14.6. The number of carbonyl (C=O) groups is 2. The van der Waals surface area contributed by atoms with Crippen molar-refractivity contribution in [3.63, 3.8) is 0 Å². The lowest BCUT2D eigenvalue weighted by molar-refractivity contribution is -0.158. The van der Waals surface area contributed by atoms with E-state index in [9.17, 15) is 9.59 Å². The first kappa shape index (κ1) is 14.6. The third kappa shape index (κ3) is 6.19. The van der Waals surface area contributed by atoms with Crippen LogP contribution in [0, 0.1) is 5.92 Å². The summed E-state index contributed by atoms with van der Waals surface area (Å²) in [6.45, 7) is 6.94. The highest BCUT2D eigenvalue weighted by molar-refractivity contribution is 5.81. The van der Waals surface area contributed by atoms with Gasteiger partial charge in [-0.2, -0.15) is 0 Å². The second kappa shape index (κ2) is 7.87. The van der Waals surface area contributed by atoms with Crippen molar-refractivity contribution in [3.05, 3.63) is 12.7 Å². The summed E-state index contributed by atoms with van der Waals surface area (Å²) in [7, 11) is 1.51. The van der Waals surface area contributed by atoms with E-state index in [1.54, 1.807) is 13.8 Å². The minimum atomic E-state index is -0.534. The zero-order chi connectivity index (χ0) is 12.6. The molecule has 0 saturated heterocycles. The quantitative estimate of drug-likeness (QED) is 0.481. The summed E-state index contributed by atoms with van der Waals surface area (Å²) in [5.74, 6) is -1.23. The van der Waals surface area contributed by atoms with E-state index in [-0.39, 0.29) is 18.5 Å². The van der Waals surface area contributed by atoms with Crippen LogP contribution in [-0.2, 0) is 23.8 Å². The summed E-state index contributed by atoms with van der Waals surface area (Å²) in [6.07, 6.45) is 0.579. The molecule has 0 bridgehead atoms. The Morgan fingerprint density at radius 3 is 2.44 bits per heavy atom. The van der Waals surface area contributed by atoms with Crippen molar-refractivity contribution >= 4 is 11.9 Å². The van der Waals surface area contributed by atoms with Crippen LogP contribution >= 0.6 is 0 Å². The molecule has 5 heteroatoms. The lowest BCUT2D eigenvalue weighted by atomic mass is 10.2. The molecular weight excluding hydrogens is 212 g/mol. The normalized spacial score (nSPS) is 13.7. The van der Waals surface area contributed by atoms with E-state index >= 15 is 0 Å². The molecule has 0 aromatic heterocycles. The van der Waals surface area contributed by atoms with Gasteiger partial charge >= 0.3 is 11.9 Å². The molecule has 5 nitrogen and oxygen atoms in total. The van der Waals surface area contributed by atoms with Gasteiger partial charge in [0.2, 0.25) is 0 Å². The number of hydrogen-bond donors (Lipinski definition) is 0. The van der Waals surface area contributed by atoms with Gasteiger partial charge in [-0.15, -0.1) is 0 Å². The van der Waals surface area contributed by atoms with Crippen LogP contribution in [0.3, 0.4) is 0 Å². The number of ether oxygens (including phenoxy) is 3. The molecule has 0 aromatic rings. The molecule has 0 spiro atoms. The van der Waals surface area contributed by atoms with Gasteiger partial charge in [0.1, 0.15) is 12.7 Å². The molecule has 2 unspecified atom stereocenters. The minimum Gasteiger partial charge on any atom is -0.461 e. The molecule has 0 aliphatic heterocycles. The highest BCUT2D eigenvalue weighted by Crippen LogP contribution is 2.01. The molecule has 0 N–H and O–H groups in total. The molecule has 0 aliphatic carbocycles. The predicted molar refractivity (Wildman–Crippen MR) is 57.8 cm³/mol. The maximum Gasteiger partial charge on any atom is 0.330 e. The molecule has 0 aromatic carbocycles. The van der Waals surface area contributed by atoms with Gasteiger partial charge in [-0.3, -0.25) is 4.79 Å². The number of rotatable bonds is 7. The molecule has 92 valence electrons. The first-order valence-corrected chi connectivity index (χ1v) is 4.99. The molecule has 0 fully saturated rings. The van der Waals surface area contributed by atoms with Crippen molar-refractivity contribution in [2.24, 2.45) is 5.92 Å². The first-order valence-electron chi connectivity index (χ1n) is 4.99. The van der Waals surface area contributed by atoms with Crippen LogP contribution in [0.25, 0.3) is 0 Å². The molecule has 0 saturated carbocycles. The molecule has 16 heavy (non-hydrogen) atoms. The zero-order valence-corrected chi connectivity index (χ0v) is 9.89. The average Bonchev–Trinajstić information content (AvgIpc) is 2.25. The Morgan fingerprint density at radius 2 is 1.94 bits per heavy atom. The first-order chi connectivity index (χ1) is 7.51. The van der Waals surface area contributed by atoms with E-state index in [1.807, 2.05) is 0 Å². The standard InChI is InChI=1S/C11H18O5/c1-5-10(12)16-9(3)7-15-11(13)8(2)6-14-4/h5,8-9H,1,6-7H2,2-4H3. The van der Waals surface area contributed by atoms with Gasteiger partial charge < -0.3 is 14.2 Å². The Balaban J connectivity index is 3.82. The smallest absolute Gasteiger partial charge is 0.330 e. The van der Waals surface area contributed by atoms with E-state index < -0.39 is 12.1 Å². The fourth-order valence-corrected chi connectivity index (χ4v) is 0.940. The van der Waals surface area contributed by atoms with Gasteiger partial charge in [-0.1, -0.05) is 6.58 Å². The molecule has 2 atom stereocenters. The molecular formula is C11H18O5. The second-order valence-corrected chi connectivity index (χ2v) is 3.44. The fraction of sp³-hybridized carbons (Fsp3) is 0.636. The van der Waals surface area contributed by atoms with Gasteiger partial charge in [-0.25, -0.2) is 4.79 Å². The molecule has 0 heterocycles. The molecule has 0 aliphatic rings. The predicted octanol–water partition coefficient (Wildman–Crippen LogP) is 0.930. The second-order valence-electron chi connectivity index (χ2n) is 3.44. The van der Waals surface area contributed by atoms with Crippen LogP contribution in [0.1, 0.15) is 13.8 Å². The minimum absolute atomic E-state index is 0.0342. The van der Waals surface area contributed by atoms with E-state index in [4.69, 9.17) is 14.2 Å². The molecule has 0 rings (SSSR count). The van der Waals surface area contributed by atoms with Crippen molar-refractivity contribution in [1.82, 2.24) is 0 Å². The van der Waals surface area contributed by atoms with Gasteiger partial charge in [0.15, 0.2) is 0 Å². The van der Waals surface area contributed by atoms with Gasteiger partial charge in [0.05, 0.1) is 12.5 Å². The Kier molecular flexibility index (Phi) is 7.20. The monoisotopic (exact) mass is 230 g/mol. The maximum absolute atomic E-state index is 11.3. The lowest BCUT2D eigenvalue weighted by Crippen LogP contribution is -2.25. The Labute approximate surface area is 95.4 Å². The van der Waals surface area contributed by atoms with Gasteiger partial charge in [0.25, 0.3) is 0 Å². The van der Waals surface area contributed by atoms with E-state index in [2.05, 4.69) is 6.58 Å². The average molecular weight is 230 g/mol. The van der Waals surface area contributed by atoms with Crippen molar-refractivity contribution in [3.8, 4) is 0 Å². The van der Waals surface area contributed by atoms with Gasteiger partial charge in [-0.05, 0) is 13.8 Å². The van der Waals surface area contributed by atoms with E-state index in [0.29, 0.717) is 6.61 Å². The van der Waals surface area contributed by atoms with Gasteiger partial charge in [0, 0.05) is 13.2 Å². The number of esters is 2. The third-order valence-corrected chi connectivity index (χ3v) is 1.76. The van der Waals surface area contributed by atoms with Crippen LogP contribution in [0.5, 0.6) is 0 Å². The number of methoxy groups -OCH3 is 1. The molecule has 0 radical (unpaired) electrons. The number of hydrogen-bond acceptors (Lipinski definition) is 5. The van der Waals surface area contributed by atoms with E-state index in [0.717, 1.165) is 6.08 Å². The van der Waals surface area contributed by atoms with Crippen LogP contribution in [-0.4, -0.2) is 38.4 Å². The van der Waals surface area contributed by atoms with Crippen LogP contribution in [0.2, 0.25) is 0 Å². The van der Waals surface area contributed by atoms with Crippen molar-refractivity contribution in [1.29, 1.82) is 0 Å². The third-order valence-electron chi connectivity index (χ3n) is 1.76. The lowest BCUT2D eigenvalue weighted by Gasteiger charge is -2.14. The summed E-state index contributed by atoms with van der Waals surface area (Å²) in [5, 5.41) is 0.